The first-order valence-electron chi connectivity index (χ1n) is 8.39. The minimum atomic E-state index is -0.476. The van der Waals surface area contributed by atoms with Crippen molar-refractivity contribution in [3.05, 3.63) is 58.4 Å². The van der Waals surface area contributed by atoms with Crippen LogP contribution < -0.4 is 4.90 Å². The van der Waals surface area contributed by atoms with Crippen molar-refractivity contribution < 1.29 is 9.18 Å². The normalized spacial score (nSPS) is 14.9. The number of benzene rings is 2. The Kier molecular flexibility index (Phi) is 4.54. The molecule has 1 aromatic heterocycles. The highest BCUT2D eigenvalue weighted by atomic mass is 35.5. The summed E-state index contributed by atoms with van der Waals surface area (Å²) in [7, 11) is 0. The topological polar surface area (TPSA) is 36.4 Å². The molecule has 0 N–H and O–H groups in total. The van der Waals surface area contributed by atoms with Gasteiger partial charge in [0.15, 0.2) is 5.13 Å². The van der Waals surface area contributed by atoms with E-state index in [4.69, 9.17) is 16.6 Å². The summed E-state index contributed by atoms with van der Waals surface area (Å²) in [5.41, 5.74) is 2.16. The smallest absolute Gasteiger partial charge is 0.256 e. The molecule has 1 amide bonds. The van der Waals surface area contributed by atoms with Crippen molar-refractivity contribution in [2.45, 2.75) is 6.92 Å². The van der Waals surface area contributed by atoms with E-state index in [0.717, 1.165) is 20.9 Å². The van der Waals surface area contributed by atoms with Gasteiger partial charge in [-0.2, -0.15) is 0 Å². The maximum atomic E-state index is 13.9. The van der Waals surface area contributed by atoms with Crippen molar-refractivity contribution >= 4 is 44.2 Å². The number of halogens is 2. The van der Waals surface area contributed by atoms with E-state index in [1.165, 1.54) is 12.1 Å². The molecular weight excluding hydrogens is 373 g/mol. The molecule has 0 bridgehead atoms. The predicted molar refractivity (Wildman–Crippen MR) is 104 cm³/mol. The first-order valence-corrected chi connectivity index (χ1v) is 9.58. The van der Waals surface area contributed by atoms with Crippen molar-refractivity contribution in [2.75, 3.05) is 31.1 Å². The Balaban J connectivity index is 1.50. The molecule has 4 rings (SSSR count). The molecule has 1 saturated heterocycles. The van der Waals surface area contributed by atoms with Gasteiger partial charge in [0.2, 0.25) is 0 Å². The number of carbonyl (C=O) groups excluding carboxylic acids is 1. The number of thiazole rings is 1. The molecule has 1 aliphatic rings. The number of carbonyl (C=O) groups is 1. The molecule has 0 saturated carbocycles. The van der Waals surface area contributed by atoms with E-state index in [9.17, 15) is 9.18 Å². The molecule has 1 aliphatic heterocycles. The van der Waals surface area contributed by atoms with E-state index < -0.39 is 5.82 Å². The molecule has 0 spiro atoms. The van der Waals surface area contributed by atoms with Crippen LogP contribution in [0.3, 0.4) is 0 Å². The highest BCUT2D eigenvalue weighted by Crippen LogP contribution is 2.35. The van der Waals surface area contributed by atoms with Gasteiger partial charge in [-0.3, -0.25) is 4.79 Å². The summed E-state index contributed by atoms with van der Waals surface area (Å²) in [6.07, 6.45) is 0. The van der Waals surface area contributed by atoms with Crippen LogP contribution in [-0.4, -0.2) is 42.0 Å². The molecular formula is C19H17ClFN3OS. The highest BCUT2D eigenvalue weighted by Gasteiger charge is 2.25. The van der Waals surface area contributed by atoms with Crippen molar-refractivity contribution in [3.63, 3.8) is 0 Å². The summed E-state index contributed by atoms with van der Waals surface area (Å²) in [6.45, 7) is 4.42. The second-order valence-corrected chi connectivity index (χ2v) is 7.68. The number of hydrogen-bond donors (Lipinski definition) is 0. The van der Waals surface area contributed by atoms with Crippen LogP contribution in [0.5, 0.6) is 0 Å². The van der Waals surface area contributed by atoms with Gasteiger partial charge in [0, 0.05) is 26.2 Å². The molecule has 0 unspecified atom stereocenters. The SMILES string of the molecule is Cc1ccc(Cl)c2sc(N3CCN(C(=O)c4ccccc4F)CC3)nc12. The second-order valence-electron chi connectivity index (χ2n) is 6.30. The molecule has 134 valence electrons. The Morgan fingerprint density at radius 3 is 2.58 bits per heavy atom. The third-order valence-corrected chi connectivity index (χ3v) is 6.20. The average molecular weight is 390 g/mol. The van der Waals surface area contributed by atoms with E-state index in [2.05, 4.69) is 4.90 Å². The number of hydrogen-bond acceptors (Lipinski definition) is 4. The molecule has 26 heavy (non-hydrogen) atoms. The van der Waals surface area contributed by atoms with Crippen LogP contribution in [0, 0.1) is 12.7 Å². The van der Waals surface area contributed by atoms with Crippen LogP contribution in [0.2, 0.25) is 5.02 Å². The third-order valence-electron chi connectivity index (χ3n) is 4.63. The number of piperazine rings is 1. The van der Waals surface area contributed by atoms with Crippen LogP contribution in [0.4, 0.5) is 9.52 Å². The van der Waals surface area contributed by atoms with Crippen molar-refractivity contribution in [1.29, 1.82) is 0 Å². The summed E-state index contributed by atoms with van der Waals surface area (Å²) in [5, 5.41) is 1.62. The lowest BCUT2D eigenvalue weighted by molar-refractivity contribution is 0.0742. The van der Waals surface area contributed by atoms with E-state index in [1.54, 1.807) is 28.4 Å². The van der Waals surface area contributed by atoms with Gasteiger partial charge in [0.25, 0.3) is 5.91 Å². The zero-order valence-electron chi connectivity index (χ0n) is 14.2. The Labute approximate surface area is 159 Å². The van der Waals surface area contributed by atoms with Crippen LogP contribution in [0.25, 0.3) is 10.2 Å². The van der Waals surface area contributed by atoms with Gasteiger partial charge in [-0.15, -0.1) is 0 Å². The number of anilines is 1. The molecule has 1 fully saturated rings. The lowest BCUT2D eigenvalue weighted by Crippen LogP contribution is -2.49. The fourth-order valence-corrected chi connectivity index (χ4v) is 4.50. The van der Waals surface area contributed by atoms with Crippen LogP contribution in [0.1, 0.15) is 15.9 Å². The van der Waals surface area contributed by atoms with Gasteiger partial charge in [-0.1, -0.05) is 41.1 Å². The number of nitrogens with zero attached hydrogens (tertiary/aromatic N) is 3. The second kappa shape index (κ2) is 6.85. The van der Waals surface area contributed by atoms with Gasteiger partial charge in [-0.05, 0) is 30.7 Å². The van der Waals surface area contributed by atoms with E-state index in [1.807, 2.05) is 19.1 Å². The van der Waals surface area contributed by atoms with Crippen LogP contribution in [0.15, 0.2) is 36.4 Å². The number of aromatic nitrogens is 1. The summed E-state index contributed by atoms with van der Waals surface area (Å²) in [6, 6.07) is 9.98. The van der Waals surface area contributed by atoms with E-state index >= 15 is 0 Å². The lowest BCUT2D eigenvalue weighted by Gasteiger charge is -2.34. The van der Waals surface area contributed by atoms with Crippen molar-refractivity contribution in [3.8, 4) is 0 Å². The van der Waals surface area contributed by atoms with Gasteiger partial charge in [0.1, 0.15) is 5.82 Å². The Morgan fingerprint density at radius 1 is 1.15 bits per heavy atom. The fraction of sp³-hybridized carbons (Fsp3) is 0.263. The third kappa shape index (κ3) is 3.04. The summed E-state index contributed by atoms with van der Waals surface area (Å²) < 4.78 is 14.8. The molecule has 0 atom stereocenters. The van der Waals surface area contributed by atoms with Gasteiger partial charge >= 0.3 is 0 Å². The fourth-order valence-electron chi connectivity index (χ4n) is 3.13. The summed E-state index contributed by atoms with van der Waals surface area (Å²) in [5.74, 6) is -0.734. The molecule has 3 aromatic rings. The monoisotopic (exact) mass is 389 g/mol. The number of fused-ring (bicyclic) bond motifs is 1. The zero-order chi connectivity index (χ0) is 18.3. The minimum absolute atomic E-state index is 0.128. The minimum Gasteiger partial charge on any atom is -0.345 e. The number of aryl methyl sites for hydroxylation is 1. The molecule has 2 aromatic carbocycles. The molecule has 4 nitrogen and oxygen atoms in total. The van der Waals surface area contributed by atoms with E-state index in [0.29, 0.717) is 31.2 Å². The van der Waals surface area contributed by atoms with E-state index in [-0.39, 0.29) is 11.5 Å². The number of rotatable bonds is 2. The standard InChI is InChI=1S/C19H17ClFN3OS/c1-12-6-7-14(20)17-16(12)22-19(26-17)24-10-8-23(9-11-24)18(25)13-4-2-3-5-15(13)21/h2-7H,8-11H2,1H3. The molecule has 2 heterocycles. The van der Waals surface area contributed by atoms with Crippen LogP contribution >= 0.6 is 22.9 Å². The van der Waals surface area contributed by atoms with Crippen molar-refractivity contribution in [2.24, 2.45) is 0 Å². The average Bonchev–Trinajstić information content (AvgIpc) is 3.12. The molecule has 0 radical (unpaired) electrons. The largest absolute Gasteiger partial charge is 0.345 e. The Hall–Kier alpha value is -2.18. The first kappa shape index (κ1) is 17.2. The summed E-state index contributed by atoms with van der Waals surface area (Å²) in [4.78, 5) is 21.1. The Morgan fingerprint density at radius 2 is 1.88 bits per heavy atom. The molecule has 0 aliphatic carbocycles. The maximum Gasteiger partial charge on any atom is 0.256 e. The quantitative estimate of drug-likeness (QED) is 0.653. The lowest BCUT2D eigenvalue weighted by atomic mass is 10.1. The van der Waals surface area contributed by atoms with Gasteiger partial charge in [-0.25, -0.2) is 9.37 Å². The van der Waals surface area contributed by atoms with Gasteiger partial charge < -0.3 is 9.80 Å². The highest BCUT2D eigenvalue weighted by molar-refractivity contribution is 7.22. The van der Waals surface area contributed by atoms with Gasteiger partial charge in [0.05, 0.1) is 20.8 Å². The number of amides is 1. The zero-order valence-corrected chi connectivity index (χ0v) is 15.8. The Bertz CT molecular complexity index is 943. The maximum absolute atomic E-state index is 13.9. The van der Waals surface area contributed by atoms with Crippen molar-refractivity contribution in [1.82, 2.24) is 9.88 Å². The van der Waals surface area contributed by atoms with Crippen LogP contribution in [-0.2, 0) is 0 Å². The molecule has 7 heteroatoms. The first-order chi connectivity index (χ1) is 12.5. The predicted octanol–water partition coefficient (Wildman–Crippen LogP) is 4.36. The summed E-state index contributed by atoms with van der Waals surface area (Å²) >= 11 is 7.86.